The molecule has 0 N–H and O–H groups in total. The van der Waals surface area contributed by atoms with Crippen molar-refractivity contribution in [1.82, 2.24) is 15.0 Å². The van der Waals surface area contributed by atoms with E-state index in [2.05, 4.69) is 22.1 Å². The molecule has 1 aliphatic rings. The first-order valence-electron chi connectivity index (χ1n) is 7.03. The summed E-state index contributed by atoms with van der Waals surface area (Å²) in [5.41, 5.74) is 0. The van der Waals surface area contributed by atoms with Crippen molar-refractivity contribution in [3.05, 3.63) is 35.2 Å². The Hall–Kier alpha value is -1.47. The first kappa shape index (κ1) is 14.1. The van der Waals surface area contributed by atoms with Gasteiger partial charge in [-0.05, 0) is 13.1 Å². The molecule has 1 atom stereocenters. The molecule has 0 bridgehead atoms. The van der Waals surface area contributed by atoms with Crippen LogP contribution in [-0.2, 0) is 4.74 Å². The van der Waals surface area contributed by atoms with Gasteiger partial charge in [0.1, 0.15) is 6.10 Å². The first-order valence-corrected chi connectivity index (χ1v) is 8.23. The minimum absolute atomic E-state index is 0.173. The van der Waals surface area contributed by atoms with E-state index in [9.17, 15) is 0 Å². The molecule has 0 aliphatic carbocycles. The van der Waals surface area contributed by atoms with Crippen LogP contribution >= 0.6 is 22.9 Å². The van der Waals surface area contributed by atoms with E-state index in [-0.39, 0.29) is 6.10 Å². The second-order valence-corrected chi connectivity index (χ2v) is 6.75. The minimum atomic E-state index is -0.173. The van der Waals surface area contributed by atoms with Gasteiger partial charge in [0, 0.05) is 23.2 Å². The van der Waals surface area contributed by atoms with Crippen LogP contribution in [0.25, 0.3) is 20.8 Å². The van der Waals surface area contributed by atoms with E-state index in [0.29, 0.717) is 23.3 Å². The molecular formula is C15H14ClN3O2S. The maximum Gasteiger partial charge on any atom is 0.257 e. The van der Waals surface area contributed by atoms with Crippen LogP contribution < -0.4 is 0 Å². The van der Waals surface area contributed by atoms with Crippen molar-refractivity contribution in [3.63, 3.8) is 0 Å². The fourth-order valence-corrected chi connectivity index (χ4v) is 3.98. The molecule has 0 radical (unpaired) electrons. The first-order chi connectivity index (χ1) is 10.7. The molecule has 1 fully saturated rings. The highest BCUT2D eigenvalue weighted by Gasteiger charge is 2.26. The molecule has 1 saturated heterocycles. The Balaban J connectivity index is 1.69. The highest BCUT2D eigenvalue weighted by Crippen LogP contribution is 2.41. The molecule has 22 heavy (non-hydrogen) atoms. The molecule has 1 aromatic carbocycles. The third-order valence-electron chi connectivity index (χ3n) is 3.72. The summed E-state index contributed by atoms with van der Waals surface area (Å²) < 4.78 is 12.2. The highest BCUT2D eigenvalue weighted by molar-refractivity contribution is 7.23. The largest absolute Gasteiger partial charge is 0.366 e. The van der Waals surface area contributed by atoms with Crippen LogP contribution in [0.3, 0.4) is 0 Å². The lowest BCUT2D eigenvalue weighted by molar-refractivity contribution is -0.0366. The summed E-state index contributed by atoms with van der Waals surface area (Å²) >= 11 is 8.03. The lowest BCUT2D eigenvalue weighted by Gasteiger charge is -2.27. The smallest absolute Gasteiger partial charge is 0.257 e. The number of hydrogen-bond acceptors (Lipinski definition) is 6. The molecule has 5 nitrogen and oxygen atoms in total. The number of ether oxygens (including phenoxy) is 1. The Kier molecular flexibility index (Phi) is 3.62. The second kappa shape index (κ2) is 5.62. The predicted octanol–water partition coefficient (Wildman–Crippen LogP) is 3.61. The van der Waals surface area contributed by atoms with Gasteiger partial charge in [0.2, 0.25) is 5.82 Å². The van der Waals surface area contributed by atoms with E-state index >= 15 is 0 Å². The van der Waals surface area contributed by atoms with Gasteiger partial charge in [-0.25, -0.2) is 0 Å². The number of aromatic nitrogens is 2. The molecule has 0 saturated carbocycles. The van der Waals surface area contributed by atoms with E-state index in [0.717, 1.165) is 28.1 Å². The fourth-order valence-electron chi connectivity index (χ4n) is 2.54. The van der Waals surface area contributed by atoms with Crippen LogP contribution in [0.4, 0.5) is 0 Å². The van der Waals surface area contributed by atoms with Crippen molar-refractivity contribution in [2.75, 3.05) is 26.7 Å². The number of morpholine rings is 1. The summed E-state index contributed by atoms with van der Waals surface area (Å²) in [5.74, 6) is 1.04. The summed E-state index contributed by atoms with van der Waals surface area (Å²) in [7, 11) is 2.05. The third-order valence-corrected chi connectivity index (χ3v) is 5.40. The van der Waals surface area contributed by atoms with Crippen molar-refractivity contribution >= 4 is 33.0 Å². The van der Waals surface area contributed by atoms with Crippen LogP contribution in [0.2, 0.25) is 5.02 Å². The topological polar surface area (TPSA) is 51.4 Å². The number of nitrogens with zero attached hydrogens (tertiary/aromatic N) is 3. The average Bonchev–Trinajstić information content (AvgIpc) is 3.13. The van der Waals surface area contributed by atoms with Gasteiger partial charge in [0.25, 0.3) is 5.89 Å². The zero-order chi connectivity index (χ0) is 15.1. The van der Waals surface area contributed by atoms with Crippen LogP contribution in [0.1, 0.15) is 12.0 Å². The van der Waals surface area contributed by atoms with Gasteiger partial charge in [0.05, 0.1) is 16.5 Å². The van der Waals surface area contributed by atoms with Crippen LogP contribution in [0.5, 0.6) is 0 Å². The average molecular weight is 336 g/mol. The van der Waals surface area contributed by atoms with E-state index in [1.54, 1.807) is 11.3 Å². The Bertz CT molecular complexity index is 816. The zero-order valence-corrected chi connectivity index (χ0v) is 13.5. The van der Waals surface area contributed by atoms with Gasteiger partial charge in [-0.3, -0.25) is 0 Å². The number of fused-ring (bicyclic) bond motifs is 1. The maximum atomic E-state index is 6.46. The van der Waals surface area contributed by atoms with Crippen molar-refractivity contribution in [1.29, 1.82) is 0 Å². The molecule has 4 rings (SSSR count). The van der Waals surface area contributed by atoms with Crippen LogP contribution in [0.15, 0.2) is 28.8 Å². The van der Waals surface area contributed by atoms with E-state index < -0.39 is 0 Å². The fraction of sp³-hybridized carbons (Fsp3) is 0.333. The van der Waals surface area contributed by atoms with E-state index in [4.69, 9.17) is 20.9 Å². The van der Waals surface area contributed by atoms with Crippen molar-refractivity contribution in [2.45, 2.75) is 6.10 Å². The molecule has 114 valence electrons. The Morgan fingerprint density at radius 1 is 1.36 bits per heavy atom. The summed E-state index contributed by atoms with van der Waals surface area (Å²) in [4.78, 5) is 7.51. The standard InChI is InChI=1S/C15H14ClN3O2S/c1-19-6-7-20-10(8-19)15-17-14(18-21-15)13-12(16)9-4-2-3-5-11(9)22-13/h2-5,10H,6-8H2,1H3. The maximum absolute atomic E-state index is 6.46. The van der Waals surface area contributed by atoms with Crippen molar-refractivity contribution < 1.29 is 9.26 Å². The summed E-state index contributed by atoms with van der Waals surface area (Å²) in [6.07, 6.45) is -0.173. The van der Waals surface area contributed by atoms with Crippen molar-refractivity contribution in [3.8, 4) is 10.7 Å². The molecule has 0 spiro atoms. The predicted molar refractivity (Wildman–Crippen MR) is 86.3 cm³/mol. The number of likely N-dealkylation sites (N-methyl/N-ethyl adjacent to an activating group) is 1. The molecule has 3 heterocycles. The van der Waals surface area contributed by atoms with Crippen LogP contribution in [-0.4, -0.2) is 41.8 Å². The lowest BCUT2D eigenvalue weighted by Crippen LogP contribution is -2.35. The molecule has 0 amide bonds. The number of thiophene rings is 1. The lowest BCUT2D eigenvalue weighted by atomic mass is 10.2. The number of rotatable bonds is 2. The number of hydrogen-bond donors (Lipinski definition) is 0. The van der Waals surface area contributed by atoms with Gasteiger partial charge >= 0.3 is 0 Å². The Labute approximate surface area is 136 Å². The van der Waals surface area contributed by atoms with Gasteiger partial charge in [-0.1, -0.05) is 35.0 Å². The highest BCUT2D eigenvalue weighted by atomic mass is 35.5. The van der Waals surface area contributed by atoms with E-state index in [1.165, 1.54) is 0 Å². The van der Waals surface area contributed by atoms with Gasteiger partial charge < -0.3 is 14.2 Å². The molecule has 2 aromatic heterocycles. The molecule has 3 aromatic rings. The SMILES string of the molecule is CN1CCOC(c2nc(-c3sc4ccccc4c3Cl)no2)C1. The van der Waals surface area contributed by atoms with E-state index in [1.807, 2.05) is 24.3 Å². The zero-order valence-electron chi connectivity index (χ0n) is 12.0. The second-order valence-electron chi connectivity index (χ2n) is 5.32. The quantitative estimate of drug-likeness (QED) is 0.716. The molecule has 1 aliphatic heterocycles. The van der Waals surface area contributed by atoms with Gasteiger partial charge in [0.15, 0.2) is 0 Å². The Morgan fingerprint density at radius 3 is 3.05 bits per heavy atom. The molecule has 7 heteroatoms. The summed E-state index contributed by atoms with van der Waals surface area (Å²) in [6, 6.07) is 8.00. The normalized spacial score (nSPS) is 19.8. The van der Waals surface area contributed by atoms with Gasteiger partial charge in [-0.15, -0.1) is 11.3 Å². The summed E-state index contributed by atoms with van der Waals surface area (Å²) in [5, 5.41) is 5.78. The minimum Gasteiger partial charge on any atom is -0.366 e. The molecular weight excluding hydrogens is 322 g/mol. The number of halogens is 1. The summed E-state index contributed by atoms with van der Waals surface area (Å²) in [6.45, 7) is 2.34. The third kappa shape index (κ3) is 2.42. The Morgan fingerprint density at radius 2 is 2.23 bits per heavy atom. The number of benzene rings is 1. The van der Waals surface area contributed by atoms with Crippen LogP contribution in [0, 0.1) is 0 Å². The van der Waals surface area contributed by atoms with Gasteiger partial charge in [-0.2, -0.15) is 4.98 Å². The monoisotopic (exact) mass is 335 g/mol. The molecule has 1 unspecified atom stereocenters. The van der Waals surface area contributed by atoms with Crippen molar-refractivity contribution in [2.24, 2.45) is 0 Å².